The number of carbonyl (C=O) groups excluding carboxylic acids is 1. The van der Waals surface area contributed by atoms with Crippen LogP contribution in [0.1, 0.15) is 19.4 Å². The first-order valence-electron chi connectivity index (χ1n) is 5.92. The van der Waals surface area contributed by atoms with Crippen LogP contribution < -0.4 is 5.32 Å². The number of nitrogens with one attached hydrogen (secondary N) is 1. The van der Waals surface area contributed by atoms with Gasteiger partial charge in [0, 0.05) is 15.6 Å². The molecule has 0 spiro atoms. The van der Waals surface area contributed by atoms with Crippen LogP contribution in [0.2, 0.25) is 10.0 Å². The molecule has 20 heavy (non-hydrogen) atoms. The zero-order chi connectivity index (χ0) is 15.3. The minimum atomic E-state index is -1.12. The fraction of sp³-hybridized carbons (Fsp3) is 0.385. The summed E-state index contributed by atoms with van der Waals surface area (Å²) in [6, 6.07) is 3.91. The van der Waals surface area contributed by atoms with Crippen molar-refractivity contribution in [2.45, 2.75) is 26.5 Å². The Balaban J connectivity index is 2.62. The van der Waals surface area contributed by atoms with Gasteiger partial charge in [-0.05, 0) is 18.1 Å². The molecule has 0 heterocycles. The maximum Gasteiger partial charge on any atom is 0.408 e. The molecule has 5 nitrogen and oxygen atoms in total. The first kappa shape index (κ1) is 16.6. The third-order valence-corrected chi connectivity index (χ3v) is 3.32. The largest absolute Gasteiger partial charge is 0.480 e. The zero-order valence-corrected chi connectivity index (χ0v) is 12.5. The first-order valence-corrected chi connectivity index (χ1v) is 6.67. The second kappa shape index (κ2) is 7.36. The van der Waals surface area contributed by atoms with E-state index in [0.29, 0.717) is 15.6 Å². The van der Waals surface area contributed by atoms with Gasteiger partial charge in [-0.1, -0.05) is 43.1 Å². The van der Waals surface area contributed by atoms with Crippen molar-refractivity contribution in [3.8, 4) is 0 Å². The Morgan fingerprint density at radius 1 is 1.30 bits per heavy atom. The topological polar surface area (TPSA) is 75.6 Å². The van der Waals surface area contributed by atoms with Crippen molar-refractivity contribution < 1.29 is 19.4 Å². The summed E-state index contributed by atoms with van der Waals surface area (Å²) in [5.41, 5.74) is 0.474. The fourth-order valence-corrected chi connectivity index (χ4v) is 2.00. The van der Waals surface area contributed by atoms with Crippen LogP contribution in [0.15, 0.2) is 18.2 Å². The molecule has 0 fully saturated rings. The smallest absolute Gasteiger partial charge is 0.408 e. The summed E-state index contributed by atoms with van der Waals surface area (Å²) in [4.78, 5) is 22.5. The van der Waals surface area contributed by atoms with Gasteiger partial charge in [0.05, 0.1) is 0 Å². The van der Waals surface area contributed by atoms with Crippen LogP contribution in [0.4, 0.5) is 4.79 Å². The van der Waals surface area contributed by atoms with Gasteiger partial charge in [0.2, 0.25) is 0 Å². The van der Waals surface area contributed by atoms with E-state index in [1.54, 1.807) is 32.0 Å². The lowest BCUT2D eigenvalue weighted by Crippen LogP contribution is -2.44. The molecule has 0 aliphatic rings. The van der Waals surface area contributed by atoms with E-state index in [0.717, 1.165) is 0 Å². The van der Waals surface area contributed by atoms with Gasteiger partial charge in [-0.3, -0.25) is 0 Å². The summed E-state index contributed by atoms with van der Waals surface area (Å²) in [5, 5.41) is 12.0. The van der Waals surface area contributed by atoms with Crippen molar-refractivity contribution in [1.82, 2.24) is 5.32 Å². The van der Waals surface area contributed by atoms with Crippen LogP contribution in [-0.2, 0) is 16.1 Å². The number of hydrogen-bond donors (Lipinski definition) is 2. The number of carbonyl (C=O) groups is 2. The van der Waals surface area contributed by atoms with E-state index >= 15 is 0 Å². The van der Waals surface area contributed by atoms with Crippen molar-refractivity contribution in [3.05, 3.63) is 33.8 Å². The normalized spacial score (nSPS) is 12.1. The monoisotopic (exact) mass is 319 g/mol. The van der Waals surface area contributed by atoms with E-state index in [9.17, 15) is 9.59 Å². The van der Waals surface area contributed by atoms with Crippen molar-refractivity contribution >= 4 is 35.3 Å². The van der Waals surface area contributed by atoms with E-state index in [4.69, 9.17) is 33.0 Å². The second-order valence-electron chi connectivity index (χ2n) is 4.48. The third kappa shape index (κ3) is 4.58. The van der Waals surface area contributed by atoms with E-state index in [-0.39, 0.29) is 12.5 Å². The Labute approximate surface area is 126 Å². The van der Waals surface area contributed by atoms with Gasteiger partial charge >= 0.3 is 12.1 Å². The molecule has 0 aromatic heterocycles. The highest BCUT2D eigenvalue weighted by atomic mass is 35.5. The highest BCUT2D eigenvalue weighted by Gasteiger charge is 2.24. The van der Waals surface area contributed by atoms with Crippen LogP contribution >= 0.6 is 23.2 Å². The number of alkyl carbamates (subject to hydrolysis) is 1. The Bertz CT molecular complexity index is 485. The van der Waals surface area contributed by atoms with Gasteiger partial charge in [-0.25, -0.2) is 9.59 Å². The lowest BCUT2D eigenvalue weighted by atomic mass is 10.1. The van der Waals surface area contributed by atoms with E-state index < -0.39 is 18.1 Å². The van der Waals surface area contributed by atoms with E-state index in [1.165, 1.54) is 0 Å². The number of carboxylic acid groups (broad SMARTS) is 1. The molecular formula is C13H15Cl2NO4. The van der Waals surface area contributed by atoms with Crippen LogP contribution in [0.25, 0.3) is 0 Å². The number of rotatable bonds is 5. The van der Waals surface area contributed by atoms with Gasteiger partial charge in [-0.15, -0.1) is 0 Å². The maximum absolute atomic E-state index is 11.6. The third-order valence-electron chi connectivity index (χ3n) is 2.62. The van der Waals surface area contributed by atoms with E-state index in [1.807, 2.05) is 0 Å². The summed E-state index contributed by atoms with van der Waals surface area (Å²) in [6.07, 6.45) is -0.831. The predicted molar refractivity (Wildman–Crippen MR) is 76.0 cm³/mol. The van der Waals surface area contributed by atoms with E-state index in [2.05, 4.69) is 5.32 Å². The Morgan fingerprint density at radius 3 is 2.30 bits per heavy atom. The number of aliphatic carboxylic acids is 1. The first-order chi connectivity index (χ1) is 9.32. The summed E-state index contributed by atoms with van der Waals surface area (Å²) in [5.74, 6) is -1.38. The SMILES string of the molecule is CC(C)[C@H](NC(=O)OCc1c(Cl)cccc1Cl)C(=O)O. The molecule has 1 atom stereocenters. The Morgan fingerprint density at radius 2 is 1.85 bits per heavy atom. The predicted octanol–water partition coefficient (Wildman–Crippen LogP) is 3.33. The number of ether oxygens (including phenoxy) is 1. The number of hydrogen-bond acceptors (Lipinski definition) is 3. The molecule has 110 valence electrons. The molecule has 0 saturated carbocycles. The molecule has 1 aromatic rings. The number of benzene rings is 1. The molecular weight excluding hydrogens is 305 g/mol. The Kier molecular flexibility index (Phi) is 6.10. The zero-order valence-electron chi connectivity index (χ0n) is 11.0. The highest BCUT2D eigenvalue weighted by Crippen LogP contribution is 2.24. The summed E-state index contributed by atoms with van der Waals surface area (Å²) < 4.78 is 4.94. The standard InChI is InChI=1S/C13H15Cl2NO4/c1-7(2)11(12(17)18)16-13(19)20-6-8-9(14)4-3-5-10(8)15/h3-5,7,11H,6H2,1-2H3,(H,16,19)(H,17,18)/t11-/m0/s1. The molecule has 1 amide bonds. The second-order valence-corrected chi connectivity index (χ2v) is 5.30. The number of amides is 1. The molecule has 0 radical (unpaired) electrons. The summed E-state index contributed by atoms with van der Waals surface area (Å²) >= 11 is 11.9. The van der Waals surface area contributed by atoms with Crippen molar-refractivity contribution in [2.24, 2.45) is 5.92 Å². The summed E-state index contributed by atoms with van der Waals surface area (Å²) in [6.45, 7) is 3.24. The average Bonchev–Trinajstić information content (AvgIpc) is 2.34. The van der Waals surface area contributed by atoms with Gasteiger partial charge < -0.3 is 15.2 Å². The lowest BCUT2D eigenvalue weighted by Gasteiger charge is -2.17. The quantitative estimate of drug-likeness (QED) is 0.872. The van der Waals surface area contributed by atoms with Gasteiger partial charge in [0.25, 0.3) is 0 Å². The van der Waals surface area contributed by atoms with Crippen molar-refractivity contribution in [1.29, 1.82) is 0 Å². The fourth-order valence-electron chi connectivity index (χ4n) is 1.49. The molecule has 0 aliphatic carbocycles. The van der Waals surface area contributed by atoms with Crippen LogP contribution in [0.3, 0.4) is 0 Å². The van der Waals surface area contributed by atoms with Crippen LogP contribution in [0.5, 0.6) is 0 Å². The molecule has 7 heteroatoms. The molecule has 0 saturated heterocycles. The van der Waals surface area contributed by atoms with Gasteiger partial charge in [-0.2, -0.15) is 0 Å². The van der Waals surface area contributed by atoms with Crippen LogP contribution in [-0.4, -0.2) is 23.2 Å². The summed E-state index contributed by atoms with van der Waals surface area (Å²) in [7, 11) is 0. The molecule has 0 bridgehead atoms. The molecule has 1 rings (SSSR count). The van der Waals surface area contributed by atoms with Crippen molar-refractivity contribution in [3.63, 3.8) is 0 Å². The van der Waals surface area contributed by atoms with Crippen LogP contribution in [0, 0.1) is 5.92 Å². The molecule has 2 N–H and O–H groups in total. The highest BCUT2D eigenvalue weighted by molar-refractivity contribution is 6.35. The minimum Gasteiger partial charge on any atom is -0.480 e. The number of halogens is 2. The lowest BCUT2D eigenvalue weighted by molar-refractivity contribution is -0.140. The molecule has 1 aromatic carbocycles. The number of carboxylic acids is 1. The van der Waals surface area contributed by atoms with Gasteiger partial charge in [0.1, 0.15) is 12.6 Å². The van der Waals surface area contributed by atoms with Crippen molar-refractivity contribution in [2.75, 3.05) is 0 Å². The molecule has 0 aliphatic heterocycles. The molecule has 0 unspecified atom stereocenters. The van der Waals surface area contributed by atoms with Gasteiger partial charge in [0.15, 0.2) is 0 Å². The maximum atomic E-state index is 11.6. The Hall–Kier alpha value is -1.46. The minimum absolute atomic E-state index is 0.130. The average molecular weight is 320 g/mol.